The average molecular weight is 284 g/mol. The number of rotatable bonds is 2. The second-order valence-corrected chi connectivity index (χ2v) is 6.33. The van der Waals surface area contributed by atoms with Gasteiger partial charge in [-0.1, -0.05) is 35.2 Å². The molecule has 0 fully saturated rings. The van der Waals surface area contributed by atoms with Gasteiger partial charge in [-0.2, -0.15) is 0 Å². The summed E-state index contributed by atoms with van der Waals surface area (Å²) in [6.07, 6.45) is 0. The molecule has 4 nitrogen and oxygen atoms in total. The lowest BCUT2D eigenvalue weighted by molar-refractivity contribution is 0.957. The van der Waals surface area contributed by atoms with Gasteiger partial charge in [0.25, 0.3) is 0 Å². The normalized spacial score (nSPS) is 11.4. The highest BCUT2D eigenvalue weighted by Gasteiger charge is 2.09. The number of aromatic amines is 1. The molecule has 2 aromatic heterocycles. The van der Waals surface area contributed by atoms with Crippen molar-refractivity contribution < 1.29 is 0 Å². The minimum Gasteiger partial charge on any atom is -0.258 e. The van der Waals surface area contributed by atoms with Crippen molar-refractivity contribution in [1.29, 1.82) is 0 Å². The molecule has 2 heterocycles. The molecule has 4 rings (SSSR count). The largest absolute Gasteiger partial charge is 0.258 e. The van der Waals surface area contributed by atoms with Gasteiger partial charge in [0, 0.05) is 4.90 Å². The van der Waals surface area contributed by atoms with Gasteiger partial charge >= 0.3 is 0 Å². The van der Waals surface area contributed by atoms with Crippen molar-refractivity contribution in [2.75, 3.05) is 0 Å². The van der Waals surface area contributed by atoms with Crippen LogP contribution in [0.2, 0.25) is 0 Å². The van der Waals surface area contributed by atoms with Gasteiger partial charge in [0.05, 0.1) is 15.7 Å². The smallest absolute Gasteiger partial charge is 0.155 e. The number of benzene rings is 2. The van der Waals surface area contributed by atoms with Crippen LogP contribution in [0.25, 0.3) is 21.3 Å². The van der Waals surface area contributed by atoms with E-state index in [4.69, 9.17) is 0 Å². The summed E-state index contributed by atoms with van der Waals surface area (Å²) in [5.41, 5.74) is 2.89. The molecule has 92 valence electrons. The van der Waals surface area contributed by atoms with Crippen molar-refractivity contribution in [2.24, 2.45) is 0 Å². The summed E-state index contributed by atoms with van der Waals surface area (Å²) in [4.78, 5) is 5.70. The Morgan fingerprint density at radius 2 is 2.00 bits per heavy atom. The van der Waals surface area contributed by atoms with E-state index in [1.54, 1.807) is 23.1 Å². The number of hydrogen-bond acceptors (Lipinski definition) is 5. The fourth-order valence-corrected chi connectivity index (χ4v) is 4.04. The number of aromatic nitrogens is 4. The summed E-state index contributed by atoms with van der Waals surface area (Å²) in [7, 11) is 0. The Bertz CT molecular complexity index is 832. The predicted molar refractivity (Wildman–Crippen MR) is 77.6 cm³/mol. The number of hydrogen-bond donors (Lipinski definition) is 1. The third-order valence-electron chi connectivity index (χ3n) is 2.79. The van der Waals surface area contributed by atoms with Crippen molar-refractivity contribution >= 4 is 44.3 Å². The molecule has 0 saturated carbocycles. The highest BCUT2D eigenvalue weighted by Crippen LogP contribution is 2.36. The molecule has 0 bridgehead atoms. The number of fused-ring (bicyclic) bond motifs is 2. The molecule has 0 radical (unpaired) electrons. The van der Waals surface area contributed by atoms with Crippen molar-refractivity contribution in [3.8, 4) is 0 Å². The van der Waals surface area contributed by atoms with Crippen molar-refractivity contribution in [2.45, 2.75) is 9.24 Å². The Morgan fingerprint density at radius 3 is 2.95 bits per heavy atom. The maximum atomic E-state index is 4.62. The van der Waals surface area contributed by atoms with Crippen LogP contribution < -0.4 is 0 Å². The molecule has 1 N–H and O–H groups in total. The van der Waals surface area contributed by atoms with Crippen LogP contribution in [-0.4, -0.2) is 20.4 Å². The Kier molecular flexibility index (Phi) is 2.49. The fourth-order valence-electron chi connectivity index (χ4n) is 1.92. The number of nitrogens with zero attached hydrogens (tertiary/aromatic N) is 3. The van der Waals surface area contributed by atoms with Gasteiger partial charge in [0.15, 0.2) is 4.34 Å². The Balaban J connectivity index is 1.79. The second kappa shape index (κ2) is 4.32. The van der Waals surface area contributed by atoms with Gasteiger partial charge < -0.3 is 0 Å². The zero-order chi connectivity index (χ0) is 12.7. The maximum Gasteiger partial charge on any atom is 0.155 e. The maximum absolute atomic E-state index is 4.62. The third kappa shape index (κ3) is 1.89. The summed E-state index contributed by atoms with van der Waals surface area (Å²) >= 11 is 3.33. The van der Waals surface area contributed by atoms with Crippen LogP contribution >= 0.6 is 23.1 Å². The van der Waals surface area contributed by atoms with Gasteiger partial charge in [0.2, 0.25) is 0 Å². The van der Waals surface area contributed by atoms with E-state index < -0.39 is 0 Å². The van der Waals surface area contributed by atoms with Crippen LogP contribution in [0.3, 0.4) is 0 Å². The Morgan fingerprint density at radius 1 is 1.05 bits per heavy atom. The first-order valence-corrected chi connectivity index (χ1v) is 7.37. The molecule has 4 aromatic rings. The van der Waals surface area contributed by atoms with Gasteiger partial charge in [0.1, 0.15) is 5.52 Å². The van der Waals surface area contributed by atoms with Crippen LogP contribution in [0, 0.1) is 0 Å². The second-order valence-electron chi connectivity index (χ2n) is 4.01. The standard InChI is InChI=1S/C13H8N4S2/c1-2-6-10-8(4-1)14-13(18-10)19-11-7-3-5-9-12(11)16-17-15-9/h1-7H,(H,15,16,17). The molecule has 0 unspecified atom stereocenters. The van der Waals surface area contributed by atoms with E-state index in [0.29, 0.717) is 0 Å². The predicted octanol–water partition coefficient (Wildman–Crippen LogP) is 3.72. The minimum atomic E-state index is 0.895. The van der Waals surface area contributed by atoms with Crippen LogP contribution in [0.15, 0.2) is 51.7 Å². The Labute approximate surface area is 116 Å². The zero-order valence-corrected chi connectivity index (χ0v) is 11.3. The fraction of sp³-hybridized carbons (Fsp3) is 0. The lowest BCUT2D eigenvalue weighted by atomic mass is 10.3. The van der Waals surface area contributed by atoms with E-state index in [9.17, 15) is 0 Å². The molecule has 0 aliphatic rings. The van der Waals surface area contributed by atoms with Gasteiger partial charge in [-0.15, -0.1) is 16.4 Å². The molecule has 0 atom stereocenters. The van der Waals surface area contributed by atoms with Gasteiger partial charge in [-0.05, 0) is 24.3 Å². The van der Waals surface area contributed by atoms with Crippen molar-refractivity contribution in [3.05, 3.63) is 42.5 Å². The van der Waals surface area contributed by atoms with Crippen LogP contribution in [0.5, 0.6) is 0 Å². The highest BCUT2D eigenvalue weighted by atomic mass is 32.2. The lowest BCUT2D eigenvalue weighted by Gasteiger charge is -1.97. The monoisotopic (exact) mass is 284 g/mol. The quantitative estimate of drug-likeness (QED) is 0.609. The molecule has 0 amide bonds. The molecule has 0 spiro atoms. The van der Waals surface area contributed by atoms with E-state index in [0.717, 1.165) is 25.8 Å². The van der Waals surface area contributed by atoms with E-state index in [2.05, 4.69) is 26.5 Å². The van der Waals surface area contributed by atoms with E-state index in [1.807, 2.05) is 36.4 Å². The van der Waals surface area contributed by atoms with Crippen molar-refractivity contribution in [1.82, 2.24) is 20.4 Å². The molecular weight excluding hydrogens is 276 g/mol. The Hall–Kier alpha value is -1.92. The first-order chi connectivity index (χ1) is 9.40. The van der Waals surface area contributed by atoms with Crippen molar-refractivity contribution in [3.63, 3.8) is 0 Å². The molecule has 2 aromatic carbocycles. The SMILES string of the molecule is c1ccc2sc(Sc3cccc4[nH]nnc34)nc2c1. The minimum absolute atomic E-state index is 0.895. The molecule has 0 aliphatic carbocycles. The summed E-state index contributed by atoms with van der Waals surface area (Å²) < 4.78 is 2.23. The molecule has 0 aliphatic heterocycles. The first-order valence-electron chi connectivity index (χ1n) is 5.73. The van der Waals surface area contributed by atoms with E-state index >= 15 is 0 Å². The lowest BCUT2D eigenvalue weighted by Crippen LogP contribution is -1.76. The summed E-state index contributed by atoms with van der Waals surface area (Å²) in [6.45, 7) is 0. The molecule has 6 heteroatoms. The first kappa shape index (κ1) is 11.0. The van der Waals surface area contributed by atoms with Gasteiger partial charge in [-0.3, -0.25) is 5.10 Å². The molecule has 0 saturated heterocycles. The molecule has 19 heavy (non-hydrogen) atoms. The van der Waals surface area contributed by atoms with Crippen LogP contribution in [0.4, 0.5) is 0 Å². The van der Waals surface area contributed by atoms with E-state index in [-0.39, 0.29) is 0 Å². The highest BCUT2D eigenvalue weighted by molar-refractivity contribution is 8.01. The average Bonchev–Trinajstić information content (AvgIpc) is 3.04. The number of nitrogens with one attached hydrogen (secondary N) is 1. The summed E-state index contributed by atoms with van der Waals surface area (Å²) in [6, 6.07) is 14.2. The third-order valence-corrected chi connectivity index (χ3v) is 4.94. The van der Waals surface area contributed by atoms with Crippen LogP contribution in [-0.2, 0) is 0 Å². The number of para-hydroxylation sites is 1. The summed E-state index contributed by atoms with van der Waals surface area (Å²) in [5.74, 6) is 0. The topological polar surface area (TPSA) is 54.5 Å². The zero-order valence-electron chi connectivity index (χ0n) is 9.70. The van der Waals surface area contributed by atoms with E-state index in [1.165, 1.54) is 4.70 Å². The van der Waals surface area contributed by atoms with Crippen LogP contribution in [0.1, 0.15) is 0 Å². The number of H-pyrrole nitrogens is 1. The number of thiazole rings is 1. The summed E-state index contributed by atoms with van der Waals surface area (Å²) in [5, 5.41) is 10.8. The van der Waals surface area contributed by atoms with Gasteiger partial charge in [-0.25, -0.2) is 4.98 Å². The molecular formula is C13H8N4S2.